The lowest BCUT2D eigenvalue weighted by Crippen LogP contribution is -2.49. The van der Waals surface area contributed by atoms with E-state index in [1.54, 1.807) is 11.1 Å². The smallest absolute Gasteiger partial charge is 0.192 e. The molecule has 4 aliphatic carbocycles. The minimum Gasteiger partial charge on any atom is -0.414 e. The van der Waals surface area contributed by atoms with Crippen molar-refractivity contribution in [2.24, 2.45) is 34.5 Å². The molecule has 0 aromatic carbocycles. The Labute approximate surface area is 217 Å². The molecule has 0 heterocycles. The number of hydrogen-bond donors (Lipinski definition) is 0. The Kier molecular flexibility index (Phi) is 7.48. The maximum atomic E-state index is 13.3. The van der Waals surface area contributed by atoms with Crippen LogP contribution in [0.5, 0.6) is 0 Å². The maximum Gasteiger partial charge on any atom is 0.192 e. The van der Waals surface area contributed by atoms with E-state index < -0.39 is 8.32 Å². The van der Waals surface area contributed by atoms with Gasteiger partial charge in [0.25, 0.3) is 0 Å². The van der Waals surface area contributed by atoms with Crippen molar-refractivity contribution in [3.05, 3.63) is 23.3 Å². The van der Waals surface area contributed by atoms with Crippen LogP contribution in [0.1, 0.15) is 113 Å². The fourth-order valence-corrected chi connectivity index (χ4v) is 9.44. The number of allylic oxidation sites excluding steroid dienone is 3. The largest absolute Gasteiger partial charge is 0.414 e. The fraction of sp³-hybridized carbons (Fsp3) is 0.844. The molecule has 35 heavy (non-hydrogen) atoms. The molecule has 0 aromatic rings. The van der Waals surface area contributed by atoms with Crippen LogP contribution >= 0.6 is 0 Å². The van der Waals surface area contributed by atoms with E-state index in [9.17, 15) is 4.79 Å². The fourth-order valence-electron chi connectivity index (χ4n) is 8.05. The molecule has 0 spiro atoms. The zero-order valence-corrected chi connectivity index (χ0v) is 25.4. The van der Waals surface area contributed by atoms with Crippen LogP contribution in [0.4, 0.5) is 0 Å². The topological polar surface area (TPSA) is 26.3 Å². The van der Waals surface area contributed by atoms with Gasteiger partial charge in [-0.25, -0.2) is 0 Å². The lowest BCUT2D eigenvalue weighted by Gasteiger charge is -2.55. The summed E-state index contributed by atoms with van der Waals surface area (Å²) in [4.78, 5) is 13.3. The SMILES string of the molecule is CC(C)CCCC(=O)[C@H]1CC[C@H]2C3=CC=C4C[C@@H](O[Si](C)(C)C(C)(C)C)CC[C@]4(C)[C@H]3CC[C@]12C. The van der Waals surface area contributed by atoms with Crippen LogP contribution in [0.25, 0.3) is 0 Å². The van der Waals surface area contributed by atoms with Gasteiger partial charge in [-0.15, -0.1) is 0 Å². The lowest BCUT2D eigenvalue weighted by molar-refractivity contribution is -0.127. The molecule has 6 atom stereocenters. The van der Waals surface area contributed by atoms with Gasteiger partial charge < -0.3 is 4.43 Å². The maximum absolute atomic E-state index is 13.3. The third-order valence-corrected chi connectivity index (χ3v) is 15.9. The molecular weight excluding hydrogens is 444 g/mol. The molecule has 0 N–H and O–H groups in total. The quantitative estimate of drug-likeness (QED) is 0.327. The van der Waals surface area contributed by atoms with Crippen LogP contribution in [-0.4, -0.2) is 20.2 Å². The number of carbonyl (C=O) groups is 1. The summed E-state index contributed by atoms with van der Waals surface area (Å²) in [5, 5.41) is 0.265. The van der Waals surface area contributed by atoms with Crippen LogP contribution in [0.3, 0.4) is 0 Å². The Hall–Kier alpha value is -0.673. The summed E-state index contributed by atoms with van der Waals surface area (Å²) in [5.74, 6) is 2.83. The van der Waals surface area contributed by atoms with E-state index >= 15 is 0 Å². The van der Waals surface area contributed by atoms with E-state index in [4.69, 9.17) is 4.43 Å². The molecule has 0 saturated heterocycles. The van der Waals surface area contributed by atoms with Gasteiger partial charge in [-0.1, -0.05) is 78.2 Å². The van der Waals surface area contributed by atoms with Gasteiger partial charge in [0, 0.05) is 18.4 Å². The summed E-state index contributed by atoms with van der Waals surface area (Å²) >= 11 is 0. The van der Waals surface area contributed by atoms with Crippen molar-refractivity contribution in [1.82, 2.24) is 0 Å². The average Bonchev–Trinajstić information content (AvgIpc) is 3.10. The number of carbonyl (C=O) groups excluding carboxylic acids is 1. The second-order valence-corrected chi connectivity index (χ2v) is 19.8. The first-order chi connectivity index (χ1) is 16.2. The molecule has 4 rings (SSSR count). The third kappa shape index (κ3) is 4.94. The van der Waals surface area contributed by atoms with E-state index in [2.05, 4.69) is 73.7 Å². The standard InChI is InChI=1S/C32H54O2Si/c1-22(2)11-10-12-29(33)28-16-15-26-25-14-13-23-21-24(34-35(8,9)30(3,4)5)17-19-31(23,6)27(25)18-20-32(26,28)7/h13-14,22,24,26-28H,10-12,15-21H2,1-9H3/t24-,26-,27-,28+,31-,32-/m0/s1. The zero-order chi connectivity index (χ0) is 25.8. The molecule has 0 bridgehead atoms. The van der Waals surface area contributed by atoms with E-state index in [0.29, 0.717) is 29.6 Å². The number of hydrogen-bond acceptors (Lipinski definition) is 2. The van der Waals surface area contributed by atoms with E-state index in [1.807, 2.05) is 0 Å². The van der Waals surface area contributed by atoms with Crippen molar-refractivity contribution in [2.45, 2.75) is 137 Å². The van der Waals surface area contributed by atoms with E-state index in [0.717, 1.165) is 25.7 Å². The van der Waals surface area contributed by atoms with Crippen molar-refractivity contribution in [3.8, 4) is 0 Å². The second kappa shape index (κ2) is 9.57. The summed E-state index contributed by atoms with van der Waals surface area (Å²) in [6.45, 7) is 21.4. The first-order valence-electron chi connectivity index (χ1n) is 14.8. The molecule has 0 aromatic heterocycles. The van der Waals surface area contributed by atoms with Crippen molar-refractivity contribution in [1.29, 1.82) is 0 Å². The van der Waals surface area contributed by atoms with Gasteiger partial charge in [0.1, 0.15) is 5.78 Å². The summed E-state index contributed by atoms with van der Waals surface area (Å²) in [6.07, 6.45) is 16.8. The van der Waals surface area contributed by atoms with Crippen molar-refractivity contribution >= 4 is 14.1 Å². The molecule has 3 saturated carbocycles. The Bertz CT molecular complexity index is 874. The van der Waals surface area contributed by atoms with Gasteiger partial charge in [0.15, 0.2) is 8.32 Å². The first kappa shape index (κ1) is 27.4. The highest BCUT2D eigenvalue weighted by molar-refractivity contribution is 6.74. The Morgan fingerprint density at radius 3 is 2.43 bits per heavy atom. The molecule has 2 nitrogen and oxygen atoms in total. The van der Waals surface area contributed by atoms with Crippen LogP contribution in [0.15, 0.2) is 23.3 Å². The minimum absolute atomic E-state index is 0.182. The molecule has 0 unspecified atom stereocenters. The third-order valence-electron chi connectivity index (χ3n) is 11.4. The number of ketones is 1. The van der Waals surface area contributed by atoms with Gasteiger partial charge in [-0.2, -0.15) is 0 Å². The highest BCUT2D eigenvalue weighted by Crippen LogP contribution is 2.65. The monoisotopic (exact) mass is 498 g/mol. The molecule has 198 valence electrons. The highest BCUT2D eigenvalue weighted by atomic mass is 28.4. The average molecular weight is 499 g/mol. The number of Topliss-reactive ketones (excluding diaryl/α,β-unsaturated/α-hetero) is 1. The van der Waals surface area contributed by atoms with Crippen molar-refractivity contribution in [2.75, 3.05) is 0 Å². The second-order valence-electron chi connectivity index (χ2n) is 15.1. The van der Waals surface area contributed by atoms with Crippen molar-refractivity contribution < 1.29 is 9.22 Å². The first-order valence-corrected chi connectivity index (χ1v) is 17.7. The van der Waals surface area contributed by atoms with Gasteiger partial charge in [-0.05, 0) is 98.1 Å². The number of rotatable bonds is 7. The predicted molar refractivity (Wildman–Crippen MR) is 151 cm³/mol. The van der Waals surface area contributed by atoms with Gasteiger partial charge in [-0.3, -0.25) is 4.79 Å². The molecule has 3 heteroatoms. The van der Waals surface area contributed by atoms with Crippen LogP contribution in [0.2, 0.25) is 18.1 Å². The summed E-state index contributed by atoms with van der Waals surface area (Å²) < 4.78 is 6.89. The molecule has 3 fully saturated rings. The van der Waals surface area contributed by atoms with E-state index in [1.165, 1.54) is 38.5 Å². The molecule has 0 amide bonds. The van der Waals surface area contributed by atoms with E-state index in [-0.39, 0.29) is 21.8 Å². The summed E-state index contributed by atoms with van der Waals surface area (Å²) in [5.41, 5.74) is 3.81. The van der Waals surface area contributed by atoms with Crippen molar-refractivity contribution in [3.63, 3.8) is 0 Å². The predicted octanol–water partition coefficient (Wildman–Crippen LogP) is 9.27. The Balaban J connectivity index is 1.50. The van der Waals surface area contributed by atoms with Gasteiger partial charge >= 0.3 is 0 Å². The van der Waals surface area contributed by atoms with Crippen LogP contribution in [0, 0.1) is 34.5 Å². The summed E-state index contributed by atoms with van der Waals surface area (Å²) in [7, 11) is -1.74. The molecular formula is C32H54O2Si. The Morgan fingerprint density at radius 2 is 1.77 bits per heavy atom. The Morgan fingerprint density at radius 1 is 1.06 bits per heavy atom. The lowest BCUT2D eigenvalue weighted by atomic mass is 9.50. The summed E-state index contributed by atoms with van der Waals surface area (Å²) in [6, 6.07) is 0. The zero-order valence-electron chi connectivity index (χ0n) is 24.4. The van der Waals surface area contributed by atoms with Gasteiger partial charge in [0.2, 0.25) is 0 Å². The molecule has 0 radical (unpaired) electrons. The normalized spacial score (nSPS) is 37.3. The highest BCUT2D eigenvalue weighted by Gasteiger charge is 2.57. The molecule has 0 aliphatic heterocycles. The van der Waals surface area contributed by atoms with Crippen LogP contribution < -0.4 is 0 Å². The minimum atomic E-state index is -1.74. The number of fused-ring (bicyclic) bond motifs is 5. The molecule has 4 aliphatic rings. The van der Waals surface area contributed by atoms with Crippen LogP contribution in [-0.2, 0) is 9.22 Å². The van der Waals surface area contributed by atoms with Gasteiger partial charge in [0.05, 0.1) is 0 Å².